The summed E-state index contributed by atoms with van der Waals surface area (Å²) in [5.74, 6) is 0.687. The molecule has 23 heavy (non-hydrogen) atoms. The number of benzene rings is 1. The molecule has 2 rings (SSSR count). The molecular formula is C16H15ClN4O2. The highest BCUT2D eigenvalue weighted by Crippen LogP contribution is 2.27. The van der Waals surface area contributed by atoms with E-state index in [0.717, 1.165) is 0 Å². The quantitative estimate of drug-likeness (QED) is 0.912. The number of ether oxygens (including phenoxy) is 1. The molecule has 118 valence electrons. The van der Waals surface area contributed by atoms with Crippen molar-refractivity contribution < 1.29 is 9.53 Å². The Morgan fingerprint density at radius 2 is 2.26 bits per heavy atom. The highest BCUT2D eigenvalue weighted by molar-refractivity contribution is 6.31. The molecule has 0 saturated heterocycles. The van der Waals surface area contributed by atoms with Crippen LogP contribution in [-0.2, 0) is 4.79 Å². The summed E-state index contributed by atoms with van der Waals surface area (Å²) in [5, 5.41) is 12.3. The summed E-state index contributed by atoms with van der Waals surface area (Å²) >= 11 is 5.94. The number of likely N-dealkylation sites (N-methyl/N-ethyl adjacent to an activating group) is 1. The van der Waals surface area contributed by atoms with Crippen LogP contribution >= 0.6 is 11.6 Å². The monoisotopic (exact) mass is 330 g/mol. The predicted molar refractivity (Wildman–Crippen MR) is 88.9 cm³/mol. The Balaban J connectivity index is 2.11. The molecule has 1 aromatic heterocycles. The summed E-state index contributed by atoms with van der Waals surface area (Å²) in [5.41, 5.74) is 0.892. The molecule has 1 aromatic carbocycles. The number of nitrogens with zero attached hydrogens (tertiary/aromatic N) is 3. The van der Waals surface area contributed by atoms with Gasteiger partial charge in [-0.05, 0) is 30.3 Å². The number of amides is 1. The van der Waals surface area contributed by atoms with Gasteiger partial charge >= 0.3 is 0 Å². The van der Waals surface area contributed by atoms with Gasteiger partial charge < -0.3 is 15.0 Å². The minimum absolute atomic E-state index is 0.0291. The van der Waals surface area contributed by atoms with E-state index in [1.54, 1.807) is 48.5 Å². The van der Waals surface area contributed by atoms with E-state index in [1.165, 1.54) is 7.11 Å². The van der Waals surface area contributed by atoms with Crippen LogP contribution < -0.4 is 15.0 Å². The molecule has 0 aliphatic rings. The average molecular weight is 331 g/mol. The first-order chi connectivity index (χ1) is 11.0. The first kappa shape index (κ1) is 16.6. The van der Waals surface area contributed by atoms with Gasteiger partial charge in [0.1, 0.15) is 17.6 Å². The molecule has 1 heterocycles. The molecule has 0 aliphatic heterocycles. The van der Waals surface area contributed by atoms with Crippen molar-refractivity contribution >= 4 is 29.0 Å². The number of methoxy groups -OCH3 is 1. The van der Waals surface area contributed by atoms with Crippen LogP contribution in [-0.4, -0.2) is 31.6 Å². The van der Waals surface area contributed by atoms with Crippen LogP contribution in [0.2, 0.25) is 5.02 Å². The number of carbonyl (C=O) groups excluding carboxylic acids is 1. The highest BCUT2D eigenvalue weighted by Gasteiger charge is 2.14. The lowest BCUT2D eigenvalue weighted by Crippen LogP contribution is -2.31. The maximum absolute atomic E-state index is 12.2. The summed E-state index contributed by atoms with van der Waals surface area (Å²) < 4.78 is 5.18. The van der Waals surface area contributed by atoms with Gasteiger partial charge in [-0.1, -0.05) is 11.6 Å². The fourth-order valence-electron chi connectivity index (χ4n) is 2.05. The third-order valence-corrected chi connectivity index (χ3v) is 3.32. The van der Waals surface area contributed by atoms with E-state index in [-0.39, 0.29) is 12.5 Å². The number of nitriles is 1. The first-order valence-corrected chi connectivity index (χ1v) is 7.12. The van der Waals surface area contributed by atoms with Crippen LogP contribution in [0.1, 0.15) is 5.56 Å². The third-order valence-electron chi connectivity index (χ3n) is 3.09. The number of halogens is 1. The SMILES string of the molecule is COc1ccc(Cl)cc1NC(=O)CN(C)c1ncccc1C#N. The van der Waals surface area contributed by atoms with Crippen LogP contribution in [0.4, 0.5) is 11.5 Å². The van der Waals surface area contributed by atoms with E-state index in [4.69, 9.17) is 21.6 Å². The number of anilines is 2. The van der Waals surface area contributed by atoms with Crippen molar-refractivity contribution in [3.05, 3.63) is 47.1 Å². The van der Waals surface area contributed by atoms with Gasteiger partial charge in [0.05, 0.1) is 24.9 Å². The van der Waals surface area contributed by atoms with Crippen LogP contribution in [0.3, 0.4) is 0 Å². The van der Waals surface area contributed by atoms with Crippen molar-refractivity contribution in [3.8, 4) is 11.8 Å². The average Bonchev–Trinajstić information content (AvgIpc) is 2.54. The standard InChI is InChI=1S/C16H15ClN4O2/c1-21(16-11(9-18)4-3-7-19-16)10-15(22)20-13-8-12(17)5-6-14(13)23-2/h3-8H,10H2,1-2H3,(H,20,22). The Labute approximate surface area is 139 Å². The van der Waals surface area contributed by atoms with Crippen LogP contribution in [0.25, 0.3) is 0 Å². The lowest BCUT2D eigenvalue weighted by Gasteiger charge is -2.19. The summed E-state index contributed by atoms with van der Waals surface area (Å²) in [7, 11) is 3.20. The van der Waals surface area contributed by atoms with Crippen LogP contribution in [0, 0.1) is 11.3 Å². The zero-order valence-electron chi connectivity index (χ0n) is 12.7. The number of hydrogen-bond acceptors (Lipinski definition) is 5. The van der Waals surface area contributed by atoms with Crippen LogP contribution in [0.15, 0.2) is 36.5 Å². The molecule has 1 amide bonds. The largest absolute Gasteiger partial charge is 0.495 e. The summed E-state index contributed by atoms with van der Waals surface area (Å²) in [4.78, 5) is 18.0. The van der Waals surface area contributed by atoms with Gasteiger partial charge in [-0.25, -0.2) is 4.98 Å². The molecule has 0 atom stereocenters. The number of nitrogens with one attached hydrogen (secondary N) is 1. The molecule has 0 spiro atoms. The molecule has 0 saturated carbocycles. The Kier molecular flexibility index (Phi) is 5.39. The van der Waals surface area contributed by atoms with Crippen molar-refractivity contribution in [1.82, 2.24) is 4.98 Å². The summed E-state index contributed by atoms with van der Waals surface area (Å²) in [6, 6.07) is 10.3. The Bertz CT molecular complexity index is 758. The smallest absolute Gasteiger partial charge is 0.244 e. The zero-order valence-corrected chi connectivity index (χ0v) is 13.5. The lowest BCUT2D eigenvalue weighted by atomic mass is 10.2. The van der Waals surface area contributed by atoms with Crippen molar-refractivity contribution in [3.63, 3.8) is 0 Å². The normalized spacial score (nSPS) is 9.83. The van der Waals surface area contributed by atoms with Gasteiger partial charge in [-0.15, -0.1) is 0 Å². The van der Waals surface area contributed by atoms with E-state index in [0.29, 0.717) is 27.8 Å². The number of rotatable bonds is 5. The van der Waals surface area contributed by atoms with Gasteiger partial charge in [0.25, 0.3) is 0 Å². The molecular weight excluding hydrogens is 316 g/mol. The lowest BCUT2D eigenvalue weighted by molar-refractivity contribution is -0.114. The number of pyridine rings is 1. The van der Waals surface area contributed by atoms with E-state index >= 15 is 0 Å². The molecule has 0 unspecified atom stereocenters. The molecule has 0 bridgehead atoms. The summed E-state index contributed by atoms with van der Waals surface area (Å²) in [6.45, 7) is 0.0291. The first-order valence-electron chi connectivity index (χ1n) is 6.74. The van der Waals surface area contributed by atoms with Gasteiger partial charge in [0, 0.05) is 18.3 Å². The van der Waals surface area contributed by atoms with Crippen molar-refractivity contribution in [2.24, 2.45) is 0 Å². The van der Waals surface area contributed by atoms with Gasteiger partial charge in [-0.2, -0.15) is 5.26 Å². The molecule has 0 radical (unpaired) electrons. The second-order valence-corrected chi connectivity index (χ2v) is 5.17. The van der Waals surface area contributed by atoms with Gasteiger partial charge in [0.2, 0.25) is 5.91 Å². The Morgan fingerprint density at radius 3 is 2.96 bits per heavy atom. The van der Waals surface area contributed by atoms with Gasteiger partial charge in [0.15, 0.2) is 0 Å². The summed E-state index contributed by atoms with van der Waals surface area (Å²) in [6.07, 6.45) is 1.57. The van der Waals surface area contributed by atoms with Crippen molar-refractivity contribution in [2.75, 3.05) is 30.9 Å². The second kappa shape index (κ2) is 7.47. The molecule has 1 N–H and O–H groups in total. The second-order valence-electron chi connectivity index (χ2n) is 4.74. The molecule has 0 fully saturated rings. The zero-order chi connectivity index (χ0) is 16.8. The van der Waals surface area contributed by atoms with Crippen molar-refractivity contribution in [1.29, 1.82) is 5.26 Å². The maximum atomic E-state index is 12.2. The molecule has 6 nitrogen and oxygen atoms in total. The minimum Gasteiger partial charge on any atom is -0.495 e. The van der Waals surface area contributed by atoms with E-state index in [9.17, 15) is 4.79 Å². The Hall–Kier alpha value is -2.78. The van der Waals surface area contributed by atoms with Crippen LogP contribution in [0.5, 0.6) is 5.75 Å². The fourth-order valence-corrected chi connectivity index (χ4v) is 2.22. The van der Waals surface area contributed by atoms with Gasteiger partial charge in [-0.3, -0.25) is 4.79 Å². The van der Waals surface area contributed by atoms with E-state index in [2.05, 4.69) is 16.4 Å². The van der Waals surface area contributed by atoms with Crippen molar-refractivity contribution in [2.45, 2.75) is 0 Å². The minimum atomic E-state index is -0.275. The molecule has 7 heteroatoms. The predicted octanol–water partition coefficient (Wildman–Crippen LogP) is 2.69. The number of carbonyl (C=O) groups is 1. The number of hydrogen-bond donors (Lipinski definition) is 1. The molecule has 0 aliphatic carbocycles. The molecule has 2 aromatic rings. The van der Waals surface area contributed by atoms with E-state index < -0.39 is 0 Å². The fraction of sp³-hybridized carbons (Fsp3) is 0.188. The topological polar surface area (TPSA) is 78.2 Å². The maximum Gasteiger partial charge on any atom is 0.244 e. The number of aromatic nitrogens is 1. The van der Waals surface area contributed by atoms with E-state index in [1.807, 2.05) is 0 Å². The highest BCUT2D eigenvalue weighted by atomic mass is 35.5. The third kappa shape index (κ3) is 4.11. The Morgan fingerprint density at radius 1 is 1.48 bits per heavy atom.